The standard InChI is InChI=1S/C26H31Cl2N3O3/c1-17-20(24(28)31(29-17)13-18-7-5-6-8-21(18)27)9-10-23(33)34-14-22(32)30-16-26(4)12-19(30)11-25(2,3)15-26/h5-10,19H,11-16H2,1-4H3/b10-9+/t19-,26+/m1/s1. The summed E-state index contributed by atoms with van der Waals surface area (Å²) in [5.41, 5.74) is 2.56. The molecule has 2 bridgehead atoms. The molecular formula is C26H31Cl2N3O3. The largest absolute Gasteiger partial charge is 0.452 e. The van der Waals surface area contributed by atoms with E-state index < -0.39 is 5.97 Å². The summed E-state index contributed by atoms with van der Waals surface area (Å²) in [6.07, 6.45) is 5.97. The van der Waals surface area contributed by atoms with Crippen molar-refractivity contribution in [3.63, 3.8) is 0 Å². The van der Waals surface area contributed by atoms with Crippen molar-refractivity contribution < 1.29 is 14.3 Å². The maximum absolute atomic E-state index is 12.8. The highest BCUT2D eigenvalue weighted by Gasteiger charge is 2.50. The zero-order valence-corrected chi connectivity index (χ0v) is 21.6. The molecule has 4 rings (SSSR count). The van der Waals surface area contributed by atoms with Crippen LogP contribution in [0.5, 0.6) is 0 Å². The Morgan fingerprint density at radius 3 is 2.68 bits per heavy atom. The summed E-state index contributed by atoms with van der Waals surface area (Å²) in [4.78, 5) is 27.0. The molecule has 0 spiro atoms. The van der Waals surface area contributed by atoms with Crippen LogP contribution < -0.4 is 0 Å². The maximum Gasteiger partial charge on any atom is 0.331 e. The van der Waals surface area contributed by atoms with Crippen molar-refractivity contribution in [3.8, 4) is 0 Å². The molecule has 1 aromatic carbocycles. The Hall–Kier alpha value is -2.31. The number of carbonyl (C=O) groups excluding carboxylic acids is 2. The Labute approximate surface area is 210 Å². The highest BCUT2D eigenvalue weighted by molar-refractivity contribution is 6.32. The SMILES string of the molecule is Cc1nn(Cc2ccccc2Cl)c(Cl)c1/C=C/C(=O)OCC(=O)N1C[C@@]2(C)C[C@H]1CC(C)(C)C2. The molecule has 182 valence electrons. The Morgan fingerprint density at radius 1 is 1.21 bits per heavy atom. The number of amides is 1. The fraction of sp³-hybridized carbons (Fsp3) is 0.500. The lowest BCUT2D eigenvalue weighted by molar-refractivity contribution is -0.148. The van der Waals surface area contributed by atoms with Gasteiger partial charge in [-0.05, 0) is 54.7 Å². The molecule has 0 radical (unpaired) electrons. The maximum atomic E-state index is 12.8. The summed E-state index contributed by atoms with van der Waals surface area (Å²) >= 11 is 12.8. The molecule has 34 heavy (non-hydrogen) atoms. The van der Waals surface area contributed by atoms with Crippen molar-refractivity contribution in [1.82, 2.24) is 14.7 Å². The first kappa shape index (κ1) is 24.8. The normalized spacial score (nSPS) is 23.5. The Balaban J connectivity index is 1.35. The first-order valence-electron chi connectivity index (χ1n) is 11.6. The fourth-order valence-electron chi connectivity index (χ4n) is 5.82. The molecule has 2 fully saturated rings. The molecule has 2 aliphatic rings. The van der Waals surface area contributed by atoms with Gasteiger partial charge in [0.15, 0.2) is 6.61 Å². The third-order valence-corrected chi connectivity index (χ3v) is 7.61. The van der Waals surface area contributed by atoms with Gasteiger partial charge in [0.2, 0.25) is 0 Å². The van der Waals surface area contributed by atoms with Gasteiger partial charge >= 0.3 is 5.97 Å². The number of aromatic nitrogens is 2. The average Bonchev–Trinajstić information content (AvgIpc) is 3.16. The van der Waals surface area contributed by atoms with E-state index in [2.05, 4.69) is 25.9 Å². The monoisotopic (exact) mass is 503 g/mol. The molecule has 1 aromatic heterocycles. The van der Waals surface area contributed by atoms with E-state index in [0.29, 0.717) is 28.0 Å². The van der Waals surface area contributed by atoms with Crippen LogP contribution in [0.1, 0.15) is 56.9 Å². The second-order valence-electron chi connectivity index (χ2n) is 10.7. The Kier molecular flexibility index (Phi) is 6.85. The van der Waals surface area contributed by atoms with Gasteiger partial charge in [0, 0.05) is 29.2 Å². The lowest BCUT2D eigenvalue weighted by atomic mass is 9.65. The van der Waals surface area contributed by atoms with Crippen LogP contribution in [-0.2, 0) is 20.9 Å². The summed E-state index contributed by atoms with van der Waals surface area (Å²) in [5, 5.41) is 5.50. The topological polar surface area (TPSA) is 64.4 Å². The van der Waals surface area contributed by atoms with Gasteiger partial charge in [-0.1, -0.05) is 62.2 Å². The number of likely N-dealkylation sites (tertiary alicyclic amines) is 1. The quantitative estimate of drug-likeness (QED) is 0.383. The van der Waals surface area contributed by atoms with Crippen molar-refractivity contribution in [2.75, 3.05) is 13.2 Å². The van der Waals surface area contributed by atoms with E-state index in [0.717, 1.165) is 31.4 Å². The third kappa shape index (κ3) is 5.33. The number of fused-ring (bicyclic) bond motifs is 2. The number of benzene rings is 1. The van der Waals surface area contributed by atoms with Gasteiger partial charge < -0.3 is 9.64 Å². The molecule has 6 nitrogen and oxygen atoms in total. The van der Waals surface area contributed by atoms with Gasteiger partial charge in [0.05, 0.1) is 12.2 Å². The lowest BCUT2D eigenvalue weighted by Gasteiger charge is -2.39. The number of hydrogen-bond donors (Lipinski definition) is 0. The highest BCUT2D eigenvalue weighted by atomic mass is 35.5. The van der Waals surface area contributed by atoms with Crippen molar-refractivity contribution in [1.29, 1.82) is 0 Å². The highest BCUT2D eigenvalue weighted by Crippen LogP contribution is 2.52. The lowest BCUT2D eigenvalue weighted by Crippen LogP contribution is -2.39. The molecule has 1 amide bonds. The Bertz CT molecular complexity index is 1140. The minimum atomic E-state index is -0.587. The van der Waals surface area contributed by atoms with Gasteiger partial charge in [-0.3, -0.25) is 4.79 Å². The zero-order valence-electron chi connectivity index (χ0n) is 20.1. The molecule has 0 N–H and O–H groups in total. The van der Waals surface area contributed by atoms with Crippen LogP contribution >= 0.6 is 23.2 Å². The number of rotatable bonds is 6. The van der Waals surface area contributed by atoms with Crippen molar-refractivity contribution in [2.45, 2.75) is 59.5 Å². The van der Waals surface area contributed by atoms with Crippen LogP contribution in [0.2, 0.25) is 10.2 Å². The van der Waals surface area contributed by atoms with Crippen LogP contribution in [0, 0.1) is 17.8 Å². The number of esters is 1. The van der Waals surface area contributed by atoms with Crippen LogP contribution in [0.3, 0.4) is 0 Å². The molecule has 2 atom stereocenters. The van der Waals surface area contributed by atoms with Gasteiger partial charge in [-0.25, -0.2) is 9.48 Å². The second kappa shape index (κ2) is 9.38. The molecular weight excluding hydrogens is 473 g/mol. The van der Waals surface area contributed by atoms with E-state index >= 15 is 0 Å². The Morgan fingerprint density at radius 2 is 1.94 bits per heavy atom. The van der Waals surface area contributed by atoms with Crippen LogP contribution in [0.25, 0.3) is 6.08 Å². The molecule has 1 saturated carbocycles. The molecule has 1 aliphatic carbocycles. The van der Waals surface area contributed by atoms with E-state index in [1.807, 2.05) is 36.1 Å². The second-order valence-corrected chi connectivity index (χ2v) is 11.5. The first-order valence-corrected chi connectivity index (χ1v) is 12.3. The van der Waals surface area contributed by atoms with Crippen LogP contribution in [0.4, 0.5) is 0 Å². The number of hydrogen-bond acceptors (Lipinski definition) is 4. The minimum Gasteiger partial charge on any atom is -0.452 e. The van der Waals surface area contributed by atoms with E-state index in [4.69, 9.17) is 27.9 Å². The van der Waals surface area contributed by atoms with Gasteiger partial charge in [0.1, 0.15) is 5.15 Å². The van der Waals surface area contributed by atoms with E-state index in [9.17, 15) is 9.59 Å². The summed E-state index contributed by atoms with van der Waals surface area (Å²) in [7, 11) is 0. The summed E-state index contributed by atoms with van der Waals surface area (Å²) in [5.74, 6) is -0.716. The van der Waals surface area contributed by atoms with Crippen molar-refractivity contribution in [3.05, 3.63) is 57.3 Å². The van der Waals surface area contributed by atoms with Gasteiger partial charge in [0.25, 0.3) is 5.91 Å². The first-order chi connectivity index (χ1) is 16.0. The smallest absolute Gasteiger partial charge is 0.331 e. The van der Waals surface area contributed by atoms with Crippen molar-refractivity contribution >= 4 is 41.2 Å². The van der Waals surface area contributed by atoms with E-state index in [-0.39, 0.29) is 29.4 Å². The molecule has 2 aromatic rings. The van der Waals surface area contributed by atoms with E-state index in [1.54, 1.807) is 10.8 Å². The molecule has 1 saturated heterocycles. The predicted octanol–water partition coefficient (Wildman–Crippen LogP) is 5.53. The number of aryl methyl sites for hydroxylation is 1. The number of carbonyl (C=O) groups is 2. The summed E-state index contributed by atoms with van der Waals surface area (Å²) < 4.78 is 6.90. The fourth-order valence-corrected chi connectivity index (χ4v) is 6.31. The third-order valence-electron chi connectivity index (χ3n) is 6.85. The van der Waals surface area contributed by atoms with Gasteiger partial charge in [-0.2, -0.15) is 5.10 Å². The van der Waals surface area contributed by atoms with Crippen molar-refractivity contribution in [2.24, 2.45) is 10.8 Å². The minimum absolute atomic E-state index is 0.130. The molecule has 1 aliphatic heterocycles. The summed E-state index contributed by atoms with van der Waals surface area (Å²) in [6, 6.07) is 7.72. The number of halogens is 2. The molecule has 2 heterocycles. The number of ether oxygens (including phenoxy) is 1. The molecule has 8 heteroatoms. The summed E-state index contributed by atoms with van der Waals surface area (Å²) in [6.45, 7) is 9.48. The predicted molar refractivity (Wildman–Crippen MR) is 134 cm³/mol. The van der Waals surface area contributed by atoms with Crippen LogP contribution in [-0.4, -0.2) is 45.8 Å². The number of nitrogens with zero attached hydrogens (tertiary/aromatic N) is 3. The van der Waals surface area contributed by atoms with Gasteiger partial charge in [-0.15, -0.1) is 0 Å². The van der Waals surface area contributed by atoms with E-state index in [1.165, 1.54) is 6.08 Å². The average molecular weight is 504 g/mol. The van der Waals surface area contributed by atoms with Crippen LogP contribution in [0.15, 0.2) is 30.3 Å². The molecule has 0 unspecified atom stereocenters. The zero-order chi connectivity index (χ0) is 24.7.